The zero-order valence-electron chi connectivity index (χ0n) is 29.6. The lowest BCUT2D eigenvalue weighted by molar-refractivity contribution is -0.186. The number of hydrogen-bond acceptors (Lipinski definition) is 5. The van der Waals surface area contributed by atoms with Gasteiger partial charge in [-0.25, -0.2) is 4.39 Å². The Morgan fingerprint density at radius 1 is 0.882 bits per heavy atom. The van der Waals surface area contributed by atoms with Gasteiger partial charge >= 0.3 is 6.18 Å². The minimum absolute atomic E-state index is 0.0700. The van der Waals surface area contributed by atoms with E-state index in [1.165, 1.54) is 25.3 Å². The first-order valence-corrected chi connectivity index (χ1v) is 18.3. The average molecular weight is 719 g/mol. The summed E-state index contributed by atoms with van der Waals surface area (Å²) < 4.78 is 58.8. The van der Waals surface area contributed by atoms with E-state index in [0.29, 0.717) is 10.6 Å². The summed E-state index contributed by atoms with van der Waals surface area (Å²) in [5.74, 6) is -4.97. The fourth-order valence-corrected chi connectivity index (χ4v) is 8.62. The Kier molecular flexibility index (Phi) is 12.1. The number of aromatic nitrogens is 2. The average Bonchev–Trinajstić information content (AvgIpc) is 3.78. The van der Waals surface area contributed by atoms with Crippen LogP contribution in [0.5, 0.6) is 0 Å². The number of carbonyl (C=O) groups excluding carboxylic acids is 4. The first-order valence-electron chi connectivity index (χ1n) is 18.3. The molecule has 4 atom stereocenters. The number of alkyl halides is 3. The molecule has 2 saturated carbocycles. The highest BCUT2D eigenvalue weighted by Gasteiger charge is 2.53. The highest BCUT2D eigenvalue weighted by molar-refractivity contribution is 6.01. The molecule has 2 aliphatic carbocycles. The maximum absolute atomic E-state index is 15.8. The first-order chi connectivity index (χ1) is 24.2. The van der Waals surface area contributed by atoms with Crippen LogP contribution >= 0.6 is 0 Å². The minimum atomic E-state index is -4.77. The summed E-state index contributed by atoms with van der Waals surface area (Å²) in [7, 11) is 0. The summed E-state index contributed by atoms with van der Waals surface area (Å²) in [6.07, 6.45) is 6.16. The Labute approximate surface area is 296 Å². The van der Waals surface area contributed by atoms with Crippen molar-refractivity contribution in [3.05, 3.63) is 47.5 Å². The molecule has 5 rings (SSSR count). The van der Waals surface area contributed by atoms with Crippen LogP contribution < -0.4 is 16.4 Å². The molecule has 280 valence electrons. The fraction of sp³-hybridized carbons (Fsp3) is 0.649. The summed E-state index contributed by atoms with van der Waals surface area (Å²) in [6.45, 7) is 5.14. The molecule has 4 amide bonds. The molecule has 1 aliphatic heterocycles. The number of primary amides is 1. The third kappa shape index (κ3) is 8.57. The van der Waals surface area contributed by atoms with Gasteiger partial charge in [-0.15, -0.1) is 0 Å². The van der Waals surface area contributed by atoms with E-state index in [0.717, 1.165) is 70.3 Å². The number of nitrogens with zero attached hydrogens (tertiary/aromatic N) is 3. The lowest BCUT2D eigenvalue weighted by Crippen LogP contribution is -2.53. The van der Waals surface area contributed by atoms with Crippen LogP contribution in [0.15, 0.2) is 30.5 Å². The standard InChI is InChI=1S/C37H50F4N6O4/c1-21(2)47-29(18-19-43-47)34(49)45-32(31(23-10-6-4-7-11-23)24-12-8-5-9-13-24)35(50)44-27-15-14-25(20-26(27)38)22(3)36(51)46-28(33(42)48)16-17-30(46)37(39,40)41/h14-15,18-24,28,30-32H,4-13,16-17H2,1-3H3,(H2,42,48)(H,44,50)(H,45,49). The maximum Gasteiger partial charge on any atom is 0.408 e. The molecule has 3 aliphatic rings. The molecule has 0 spiro atoms. The lowest BCUT2D eigenvalue weighted by Gasteiger charge is -2.42. The van der Waals surface area contributed by atoms with Gasteiger partial charge in [0.05, 0.1) is 11.6 Å². The molecule has 0 bridgehead atoms. The number of likely N-dealkylation sites (tertiary alicyclic amines) is 1. The van der Waals surface area contributed by atoms with Crippen LogP contribution in [0.3, 0.4) is 0 Å². The Morgan fingerprint density at radius 3 is 2.02 bits per heavy atom. The van der Waals surface area contributed by atoms with Crippen LogP contribution in [0.2, 0.25) is 0 Å². The number of anilines is 1. The molecule has 4 N–H and O–H groups in total. The predicted octanol–water partition coefficient (Wildman–Crippen LogP) is 6.63. The van der Waals surface area contributed by atoms with Gasteiger partial charge in [-0.1, -0.05) is 70.3 Å². The van der Waals surface area contributed by atoms with Gasteiger partial charge in [0.1, 0.15) is 29.6 Å². The predicted molar refractivity (Wildman–Crippen MR) is 183 cm³/mol. The molecule has 2 aromatic rings. The second kappa shape index (κ2) is 16.1. The van der Waals surface area contributed by atoms with Crippen LogP contribution in [0.1, 0.15) is 126 Å². The Balaban J connectivity index is 1.42. The number of nitrogens with one attached hydrogen (secondary N) is 2. The number of nitrogens with two attached hydrogens (primary N) is 1. The van der Waals surface area contributed by atoms with Gasteiger partial charge < -0.3 is 21.3 Å². The van der Waals surface area contributed by atoms with Crippen molar-refractivity contribution >= 4 is 29.3 Å². The van der Waals surface area contributed by atoms with Gasteiger partial charge in [0.25, 0.3) is 5.91 Å². The van der Waals surface area contributed by atoms with E-state index in [-0.39, 0.29) is 41.5 Å². The molecule has 1 aromatic heterocycles. The van der Waals surface area contributed by atoms with Gasteiger partial charge in [-0.2, -0.15) is 18.3 Å². The fourth-order valence-electron chi connectivity index (χ4n) is 8.62. The number of rotatable bonds is 11. The van der Waals surface area contributed by atoms with Crippen molar-refractivity contribution in [3.63, 3.8) is 0 Å². The zero-order chi connectivity index (χ0) is 37.0. The van der Waals surface area contributed by atoms with Gasteiger partial charge in [-0.3, -0.25) is 23.9 Å². The van der Waals surface area contributed by atoms with Crippen LogP contribution in [0.4, 0.5) is 23.2 Å². The van der Waals surface area contributed by atoms with Crippen molar-refractivity contribution in [3.8, 4) is 0 Å². The van der Waals surface area contributed by atoms with Gasteiger partial charge in [0, 0.05) is 12.2 Å². The number of benzene rings is 1. The summed E-state index contributed by atoms with van der Waals surface area (Å²) in [5, 5.41) is 10.0. The molecular weight excluding hydrogens is 668 g/mol. The van der Waals surface area contributed by atoms with Crippen molar-refractivity contribution in [2.24, 2.45) is 23.5 Å². The summed E-state index contributed by atoms with van der Waals surface area (Å²) >= 11 is 0. The molecule has 10 nitrogen and oxygen atoms in total. The van der Waals surface area contributed by atoms with Gasteiger partial charge in [-0.05, 0) is 75.1 Å². The number of carbonyl (C=O) groups is 4. The molecule has 3 fully saturated rings. The highest BCUT2D eigenvalue weighted by atomic mass is 19.4. The van der Waals surface area contributed by atoms with E-state index in [9.17, 15) is 32.3 Å². The second-order valence-corrected chi connectivity index (χ2v) is 14.8. The topological polar surface area (TPSA) is 139 Å². The highest BCUT2D eigenvalue weighted by Crippen LogP contribution is 2.43. The van der Waals surface area contributed by atoms with E-state index in [1.807, 2.05) is 13.8 Å². The van der Waals surface area contributed by atoms with Crippen molar-refractivity contribution in [1.29, 1.82) is 0 Å². The van der Waals surface area contributed by atoms with Gasteiger partial charge in [0.2, 0.25) is 17.7 Å². The largest absolute Gasteiger partial charge is 0.408 e. The molecular formula is C37H50F4N6O4. The summed E-state index contributed by atoms with van der Waals surface area (Å²) in [4.78, 5) is 54.0. The molecule has 1 aromatic carbocycles. The van der Waals surface area contributed by atoms with Crippen molar-refractivity contribution in [2.45, 2.75) is 134 Å². The van der Waals surface area contributed by atoms with Gasteiger partial charge in [0.15, 0.2) is 0 Å². The lowest BCUT2D eigenvalue weighted by atomic mass is 9.66. The third-order valence-electron chi connectivity index (χ3n) is 11.2. The van der Waals surface area contributed by atoms with E-state index in [1.54, 1.807) is 10.7 Å². The molecule has 4 unspecified atom stereocenters. The van der Waals surface area contributed by atoms with E-state index >= 15 is 4.39 Å². The summed E-state index contributed by atoms with van der Waals surface area (Å²) in [5.41, 5.74) is 5.54. The SMILES string of the molecule is CC(C(=O)N1C(C(N)=O)CCC1C(F)(F)F)c1ccc(NC(=O)C(NC(=O)c2ccnn2C(C)C)C(C2CCCCC2)C2CCCCC2)c(F)c1. The number of halogens is 4. The first kappa shape index (κ1) is 38.3. The van der Waals surface area contributed by atoms with Crippen LogP contribution in [-0.2, 0) is 14.4 Å². The van der Waals surface area contributed by atoms with E-state index < -0.39 is 66.1 Å². The quantitative estimate of drug-likeness (QED) is 0.224. The minimum Gasteiger partial charge on any atom is -0.368 e. The van der Waals surface area contributed by atoms with Crippen LogP contribution in [0, 0.1) is 23.6 Å². The zero-order valence-corrected chi connectivity index (χ0v) is 29.6. The smallest absolute Gasteiger partial charge is 0.368 e. The molecule has 0 radical (unpaired) electrons. The monoisotopic (exact) mass is 718 g/mol. The Morgan fingerprint density at radius 2 is 1.49 bits per heavy atom. The van der Waals surface area contributed by atoms with E-state index in [2.05, 4.69) is 15.7 Å². The van der Waals surface area contributed by atoms with Crippen molar-refractivity contribution in [1.82, 2.24) is 20.0 Å². The number of amides is 4. The van der Waals surface area contributed by atoms with E-state index in [4.69, 9.17) is 5.73 Å². The molecule has 2 heterocycles. The maximum atomic E-state index is 15.8. The molecule has 1 saturated heterocycles. The second-order valence-electron chi connectivity index (χ2n) is 14.8. The summed E-state index contributed by atoms with van der Waals surface area (Å²) in [6, 6.07) is 0.563. The molecule has 51 heavy (non-hydrogen) atoms. The third-order valence-corrected chi connectivity index (χ3v) is 11.2. The van der Waals surface area contributed by atoms with Crippen molar-refractivity contribution in [2.75, 3.05) is 5.32 Å². The normalized spacial score (nSPS) is 21.9. The molecule has 14 heteroatoms. The number of hydrogen-bond donors (Lipinski definition) is 3. The Bertz CT molecular complexity index is 1550. The van der Waals surface area contributed by atoms with Crippen LogP contribution in [0.25, 0.3) is 0 Å². The van der Waals surface area contributed by atoms with Crippen LogP contribution in [-0.4, -0.2) is 62.6 Å². The Hall–Kier alpha value is -3.97. The van der Waals surface area contributed by atoms with Crippen molar-refractivity contribution < 1.29 is 36.7 Å².